The van der Waals surface area contributed by atoms with E-state index in [4.69, 9.17) is 0 Å². The molecule has 0 radical (unpaired) electrons. The molecule has 0 unspecified atom stereocenters. The number of β-lactam (4-membered cyclic amide) rings is 1. The molecule has 8 heteroatoms. The van der Waals surface area contributed by atoms with Crippen molar-refractivity contribution in [2.45, 2.75) is 31.1 Å². The quantitative estimate of drug-likeness (QED) is 0.317. The summed E-state index contributed by atoms with van der Waals surface area (Å²) in [6, 6.07) is -0.221. The van der Waals surface area contributed by atoms with Crippen molar-refractivity contribution in [3.63, 3.8) is 0 Å². The van der Waals surface area contributed by atoms with Gasteiger partial charge >= 0.3 is 5.97 Å². The molecular weight excluding hydrogens is 395 g/mol. The van der Waals surface area contributed by atoms with E-state index in [1.165, 1.54) is 4.90 Å². The highest BCUT2D eigenvalue weighted by Crippen LogP contribution is 2.41. The molecule has 5 nitrogen and oxygen atoms in total. The number of fused-ring (bicyclic) bond motifs is 1. The summed E-state index contributed by atoms with van der Waals surface area (Å²) in [5.41, 5.74) is 1.05. The summed E-state index contributed by atoms with van der Waals surface area (Å²) in [5, 5.41) is 9.26. The number of thioether (sulfide) groups is 1. The molecule has 2 atom stereocenters. The Bertz CT molecular complexity index is 463. The second kappa shape index (κ2) is 5.38. The summed E-state index contributed by atoms with van der Waals surface area (Å²) in [7, 11) is -1.56. The number of carboxylic acids is 1. The maximum absolute atomic E-state index is 12.2. The summed E-state index contributed by atoms with van der Waals surface area (Å²) in [6.45, 7) is 6.42. The fourth-order valence-electron chi connectivity index (χ4n) is 2.25. The van der Waals surface area contributed by atoms with E-state index < -0.39 is 14.2 Å². The molecule has 2 heterocycles. The molecule has 0 saturated carbocycles. The van der Waals surface area contributed by atoms with Gasteiger partial charge in [-0.05, 0) is 5.57 Å². The van der Waals surface area contributed by atoms with Crippen molar-refractivity contribution in [3.05, 3.63) is 11.3 Å². The Balaban J connectivity index is 2.24. The number of alkyl halides is 1. The molecule has 2 N–H and O–H groups in total. The standard InChI is InChI=1S/C11H17IN2O3SSi/c1-19(2,3)13-7-9(15)14-8(11(16)17)6(4-12)5-18-10(7)14/h7,10,13H,4-5H2,1-3H3,(H,16,17)/t7-,10-/m1/s1. The number of hydrogen-bond acceptors (Lipinski definition) is 4. The van der Waals surface area contributed by atoms with Gasteiger partial charge in [-0.25, -0.2) is 4.79 Å². The molecule has 0 aromatic rings. The summed E-state index contributed by atoms with van der Waals surface area (Å²) >= 11 is 3.81. The average Bonchev–Trinajstić information content (AvgIpc) is 2.32. The van der Waals surface area contributed by atoms with E-state index in [0.717, 1.165) is 5.57 Å². The molecule has 0 spiro atoms. The van der Waals surface area contributed by atoms with Gasteiger partial charge in [-0.15, -0.1) is 11.8 Å². The number of amides is 1. The third-order valence-electron chi connectivity index (χ3n) is 3.00. The van der Waals surface area contributed by atoms with Crippen LogP contribution in [-0.4, -0.2) is 51.7 Å². The highest BCUT2D eigenvalue weighted by atomic mass is 127. The van der Waals surface area contributed by atoms with Gasteiger partial charge in [0.2, 0.25) is 5.91 Å². The predicted molar refractivity (Wildman–Crippen MR) is 86.9 cm³/mol. The van der Waals surface area contributed by atoms with Gasteiger partial charge < -0.3 is 10.1 Å². The second-order valence-corrected chi connectivity index (χ2v) is 12.3. The minimum absolute atomic E-state index is 0.0583. The molecule has 2 rings (SSSR count). The third-order valence-corrected chi connectivity index (χ3v) is 6.44. The molecule has 106 valence electrons. The summed E-state index contributed by atoms with van der Waals surface area (Å²) in [6.07, 6.45) is 0. The van der Waals surface area contributed by atoms with Crippen molar-refractivity contribution in [1.29, 1.82) is 0 Å². The number of aliphatic carboxylic acids is 1. The van der Waals surface area contributed by atoms with Crippen molar-refractivity contribution >= 4 is 54.5 Å². The Morgan fingerprint density at radius 2 is 2.21 bits per heavy atom. The summed E-state index contributed by atoms with van der Waals surface area (Å²) < 4.78 is 0.648. The number of halogens is 1. The lowest BCUT2D eigenvalue weighted by Crippen LogP contribution is -2.73. The van der Waals surface area contributed by atoms with Crippen molar-refractivity contribution in [2.24, 2.45) is 0 Å². The molecule has 0 bridgehead atoms. The maximum atomic E-state index is 12.2. The number of rotatable bonds is 4. The van der Waals surface area contributed by atoms with Crippen LogP contribution in [0, 0.1) is 0 Å². The van der Waals surface area contributed by atoms with Gasteiger partial charge in [0, 0.05) is 10.2 Å². The van der Waals surface area contributed by atoms with Crippen LogP contribution in [-0.2, 0) is 9.59 Å². The lowest BCUT2D eigenvalue weighted by atomic mass is 10.0. The van der Waals surface area contributed by atoms with Gasteiger partial charge in [0.05, 0.1) is 0 Å². The van der Waals surface area contributed by atoms with Crippen LogP contribution in [0.3, 0.4) is 0 Å². The molecule has 19 heavy (non-hydrogen) atoms. The Kier molecular flexibility index (Phi) is 4.34. The smallest absolute Gasteiger partial charge is 0.352 e. The molecular formula is C11H17IN2O3SSi. The average molecular weight is 412 g/mol. The minimum atomic E-state index is -1.56. The molecule has 1 fully saturated rings. The maximum Gasteiger partial charge on any atom is 0.352 e. The highest BCUT2D eigenvalue weighted by molar-refractivity contribution is 14.1. The fourth-order valence-corrected chi connectivity index (χ4v) is 5.93. The SMILES string of the molecule is C[Si](C)(C)N[C@@H]1C(=O)N2C(C(=O)O)=C(CI)CS[C@H]12. The number of hydrogen-bond donors (Lipinski definition) is 2. The molecule has 0 aromatic carbocycles. The number of nitrogens with zero attached hydrogens (tertiary/aromatic N) is 1. The van der Waals surface area contributed by atoms with Crippen LogP contribution in [0.5, 0.6) is 0 Å². The Morgan fingerprint density at radius 1 is 1.58 bits per heavy atom. The van der Waals surface area contributed by atoms with Gasteiger partial charge in [-0.2, -0.15) is 0 Å². The first-order valence-electron chi connectivity index (χ1n) is 6.00. The first-order valence-corrected chi connectivity index (χ1v) is 12.1. The van der Waals surface area contributed by atoms with E-state index in [2.05, 4.69) is 47.2 Å². The van der Waals surface area contributed by atoms with Gasteiger partial charge in [-0.1, -0.05) is 42.2 Å². The summed E-state index contributed by atoms with van der Waals surface area (Å²) in [5.74, 6) is -0.390. The van der Waals surface area contributed by atoms with Gasteiger partial charge in [0.1, 0.15) is 25.3 Å². The molecule has 1 amide bonds. The van der Waals surface area contributed by atoms with E-state index in [0.29, 0.717) is 10.2 Å². The van der Waals surface area contributed by atoms with Crippen LogP contribution in [0.1, 0.15) is 0 Å². The lowest BCUT2D eigenvalue weighted by molar-refractivity contribution is -0.148. The number of carbonyl (C=O) groups is 2. The topological polar surface area (TPSA) is 69.6 Å². The van der Waals surface area contributed by atoms with Crippen LogP contribution >= 0.6 is 34.4 Å². The molecule has 0 aliphatic carbocycles. The van der Waals surface area contributed by atoms with E-state index in [-0.39, 0.29) is 23.0 Å². The van der Waals surface area contributed by atoms with Gasteiger partial charge in [0.15, 0.2) is 0 Å². The zero-order valence-electron chi connectivity index (χ0n) is 11.1. The Morgan fingerprint density at radius 3 is 2.68 bits per heavy atom. The normalized spacial score (nSPS) is 27.2. The largest absolute Gasteiger partial charge is 0.477 e. The number of carboxylic acid groups (broad SMARTS) is 1. The Hall–Kier alpha value is -0.0631. The van der Waals surface area contributed by atoms with Crippen molar-refractivity contribution in [1.82, 2.24) is 9.88 Å². The number of carbonyl (C=O) groups excluding carboxylic acids is 1. The van der Waals surface area contributed by atoms with E-state index in [1.807, 2.05) is 0 Å². The number of nitrogens with one attached hydrogen (secondary N) is 1. The third kappa shape index (κ3) is 2.86. The first kappa shape index (κ1) is 15.3. The van der Waals surface area contributed by atoms with E-state index in [9.17, 15) is 14.7 Å². The van der Waals surface area contributed by atoms with Crippen LogP contribution in [0.15, 0.2) is 11.3 Å². The molecule has 0 aromatic heterocycles. The molecule has 2 aliphatic heterocycles. The van der Waals surface area contributed by atoms with E-state index >= 15 is 0 Å². The van der Waals surface area contributed by atoms with Crippen molar-refractivity contribution in [2.75, 3.05) is 10.2 Å². The van der Waals surface area contributed by atoms with Crippen LogP contribution in [0.25, 0.3) is 0 Å². The monoisotopic (exact) mass is 412 g/mol. The molecule has 1 saturated heterocycles. The van der Waals surface area contributed by atoms with Gasteiger partial charge in [0.25, 0.3) is 0 Å². The zero-order chi connectivity index (χ0) is 14.4. The second-order valence-electron chi connectivity index (χ2n) is 5.67. The van der Waals surface area contributed by atoms with Crippen LogP contribution in [0.2, 0.25) is 19.6 Å². The van der Waals surface area contributed by atoms with Crippen molar-refractivity contribution in [3.8, 4) is 0 Å². The fraction of sp³-hybridized carbons (Fsp3) is 0.636. The lowest BCUT2D eigenvalue weighted by Gasteiger charge is -2.51. The minimum Gasteiger partial charge on any atom is -0.477 e. The van der Waals surface area contributed by atoms with Crippen LogP contribution in [0.4, 0.5) is 0 Å². The van der Waals surface area contributed by atoms with E-state index in [1.54, 1.807) is 11.8 Å². The van der Waals surface area contributed by atoms with Crippen LogP contribution < -0.4 is 4.98 Å². The molecule has 2 aliphatic rings. The first-order chi connectivity index (χ1) is 8.76. The summed E-state index contributed by atoms with van der Waals surface area (Å²) in [4.78, 5) is 28.5. The predicted octanol–water partition coefficient (Wildman–Crippen LogP) is 1.47. The Labute approximate surface area is 131 Å². The zero-order valence-corrected chi connectivity index (χ0v) is 15.0. The van der Waals surface area contributed by atoms with Crippen molar-refractivity contribution < 1.29 is 14.7 Å². The highest BCUT2D eigenvalue weighted by Gasteiger charge is 2.54. The van der Waals surface area contributed by atoms with Gasteiger partial charge in [-0.3, -0.25) is 9.69 Å².